The Labute approximate surface area is 320 Å². The molecule has 57 heavy (non-hydrogen) atoms. The number of nitrogens with zero attached hydrogens (tertiary/aromatic N) is 8. The van der Waals surface area contributed by atoms with Crippen LogP contribution in [0.4, 0.5) is 26.3 Å². The van der Waals surface area contributed by atoms with Gasteiger partial charge in [-0.15, -0.1) is 10.2 Å². The summed E-state index contributed by atoms with van der Waals surface area (Å²) in [6.07, 6.45) is -2.40. The van der Waals surface area contributed by atoms with Crippen LogP contribution in [0.3, 0.4) is 0 Å². The van der Waals surface area contributed by atoms with Crippen molar-refractivity contribution in [1.82, 2.24) is 49.6 Å². The van der Waals surface area contributed by atoms with Crippen molar-refractivity contribution in [1.29, 1.82) is 0 Å². The average Bonchev–Trinajstić information content (AvgIpc) is 3.66. The van der Waals surface area contributed by atoms with E-state index >= 15 is 0 Å². The normalized spacial score (nSPS) is 12.2. The van der Waals surface area contributed by atoms with E-state index in [0.29, 0.717) is 22.8 Å². The molecule has 25 heteroatoms. The molecular weight excluding hydrogens is 815 g/mol. The lowest BCUT2D eigenvalue weighted by molar-refractivity contribution is -0.174. The van der Waals surface area contributed by atoms with E-state index in [0.717, 1.165) is 23.0 Å². The number of sulfonamides is 2. The molecule has 5 heterocycles. The molecule has 0 radical (unpaired) electrons. The highest BCUT2D eigenvalue weighted by Gasteiger charge is 2.39. The molecule has 5 aromatic heterocycles. The first-order valence-electron chi connectivity index (χ1n) is 15.8. The summed E-state index contributed by atoms with van der Waals surface area (Å²) < 4.78 is 129. The zero-order valence-electron chi connectivity index (χ0n) is 29.4. The van der Waals surface area contributed by atoms with Gasteiger partial charge in [0.2, 0.25) is 25.9 Å². The molecule has 0 aromatic carbocycles. The predicted molar refractivity (Wildman–Crippen MR) is 185 cm³/mol. The summed E-state index contributed by atoms with van der Waals surface area (Å²) in [5, 5.41) is 6.30. The lowest BCUT2D eigenvalue weighted by Crippen LogP contribution is -2.47. The van der Waals surface area contributed by atoms with Crippen LogP contribution in [0.1, 0.15) is 39.0 Å². The quantitative estimate of drug-likeness (QED) is 0.136. The third-order valence-electron chi connectivity index (χ3n) is 7.12. The number of hydrazine groups is 1. The minimum atomic E-state index is -5.14. The van der Waals surface area contributed by atoms with Crippen LogP contribution >= 0.6 is 0 Å². The lowest BCUT2D eigenvalue weighted by Gasteiger charge is -2.19. The van der Waals surface area contributed by atoms with Crippen LogP contribution < -0.4 is 10.9 Å². The van der Waals surface area contributed by atoms with E-state index in [1.54, 1.807) is 48.0 Å². The number of nitrogens with one attached hydrogen (secondary N) is 2. The molecule has 0 aliphatic carbocycles. The maximum Gasteiger partial charge on any atom is 0.472 e. The molecule has 0 unspecified atom stereocenters. The van der Waals surface area contributed by atoms with Gasteiger partial charge < -0.3 is 4.42 Å². The summed E-state index contributed by atoms with van der Waals surface area (Å²) in [5.74, 6) is -5.13. The van der Waals surface area contributed by atoms with Crippen molar-refractivity contribution in [3.05, 3.63) is 120 Å². The van der Waals surface area contributed by atoms with E-state index < -0.39 is 50.1 Å². The van der Waals surface area contributed by atoms with E-state index in [9.17, 15) is 52.8 Å². The van der Waals surface area contributed by atoms with Crippen LogP contribution in [0.2, 0.25) is 0 Å². The molecule has 0 spiro atoms. The Hall–Kier alpha value is -5.92. The van der Waals surface area contributed by atoms with Gasteiger partial charge in [-0.3, -0.25) is 40.4 Å². The molecule has 0 aliphatic rings. The molecule has 0 atom stereocenters. The third kappa shape index (κ3) is 13.7. The van der Waals surface area contributed by atoms with Gasteiger partial charge in [0.1, 0.15) is 0 Å². The number of rotatable bonds is 12. The van der Waals surface area contributed by atoms with Gasteiger partial charge in [-0.25, -0.2) is 16.8 Å². The Morgan fingerprint density at radius 1 is 0.649 bits per heavy atom. The Bertz CT molecular complexity index is 2340. The number of carbonyl (C=O) groups excluding carboxylic acids is 2. The number of pyridine rings is 4. The maximum atomic E-state index is 12.5. The summed E-state index contributed by atoms with van der Waals surface area (Å²) in [7, 11) is -7.15. The topological polar surface area (TPSA) is 223 Å². The second-order valence-corrected chi connectivity index (χ2v) is 15.6. The predicted octanol–water partition coefficient (Wildman–Crippen LogP) is 3.27. The molecule has 2 amide bonds. The molecule has 0 bridgehead atoms. The minimum Gasteiger partial charge on any atom is -0.413 e. The van der Waals surface area contributed by atoms with Crippen LogP contribution in [-0.2, 0) is 57.2 Å². The molecule has 5 rings (SSSR count). The minimum absolute atomic E-state index is 0.00701. The van der Waals surface area contributed by atoms with Crippen molar-refractivity contribution >= 4 is 31.9 Å². The number of hydrogen-bond acceptors (Lipinski definition) is 13. The van der Waals surface area contributed by atoms with E-state index in [1.807, 2.05) is 0 Å². The first kappa shape index (κ1) is 43.8. The Kier molecular flexibility index (Phi) is 14.1. The van der Waals surface area contributed by atoms with Crippen molar-refractivity contribution in [3.63, 3.8) is 0 Å². The Morgan fingerprint density at radius 3 is 1.51 bits per heavy atom. The SMILES string of the molecule is CS(=O)(=O)N(Cc1ccccn1)Cc1ccc(-c2nnc(C(F)(F)F)o2)cn1.CS(=O)(=O)N(Cc1ccccn1)Cc1ccc(C(=O)NNC(=O)C(F)(F)F)cn1. The molecule has 304 valence electrons. The summed E-state index contributed by atoms with van der Waals surface area (Å²) >= 11 is 0. The van der Waals surface area contributed by atoms with Gasteiger partial charge in [-0.2, -0.15) is 35.0 Å². The molecule has 2 N–H and O–H groups in total. The van der Waals surface area contributed by atoms with Gasteiger partial charge in [0.25, 0.3) is 5.91 Å². The van der Waals surface area contributed by atoms with Crippen molar-refractivity contribution in [3.8, 4) is 11.5 Å². The first-order chi connectivity index (χ1) is 26.6. The van der Waals surface area contributed by atoms with Gasteiger partial charge in [0.05, 0.1) is 72.6 Å². The van der Waals surface area contributed by atoms with E-state index in [-0.39, 0.29) is 43.2 Å². The van der Waals surface area contributed by atoms with Crippen molar-refractivity contribution in [2.24, 2.45) is 0 Å². The summed E-state index contributed by atoms with van der Waals surface area (Å²) in [5.41, 5.74) is 4.66. The fraction of sp³-hybridized carbons (Fsp3) is 0.250. The molecule has 0 fully saturated rings. The largest absolute Gasteiger partial charge is 0.472 e. The van der Waals surface area contributed by atoms with Crippen LogP contribution in [-0.4, -0.2) is 86.1 Å². The van der Waals surface area contributed by atoms with Gasteiger partial charge in [0, 0.05) is 24.8 Å². The standard InChI is InChI=1S/C16H16F3N5O4S.C16H14F3N5O3S/c1-29(27,28)24(9-12-4-2-3-7-20-12)10-13-6-5-11(8-21-13)14(25)22-23-15(26)16(17,18)19;1-28(25,26)24(9-12-4-2-3-7-20-12)10-13-6-5-11(8-21-13)14-22-23-15(27-14)16(17,18)19/h2-8H,9-10H2,1H3,(H,22,25)(H,23,26);2-8H,9-10H2,1H3. The average molecular weight is 845 g/mol. The van der Waals surface area contributed by atoms with Crippen molar-refractivity contribution in [2.75, 3.05) is 12.5 Å². The lowest BCUT2D eigenvalue weighted by atomic mass is 10.2. The van der Waals surface area contributed by atoms with E-state index in [4.69, 9.17) is 0 Å². The third-order valence-corrected chi connectivity index (χ3v) is 9.51. The summed E-state index contributed by atoms with van der Waals surface area (Å²) in [6, 6.07) is 15.7. The monoisotopic (exact) mass is 844 g/mol. The number of halogens is 6. The second-order valence-electron chi connectivity index (χ2n) is 11.6. The number of aromatic nitrogens is 6. The Balaban J connectivity index is 0.000000253. The molecule has 17 nitrogen and oxygen atoms in total. The van der Waals surface area contributed by atoms with Crippen molar-refractivity contribution < 1.29 is 57.2 Å². The zero-order valence-corrected chi connectivity index (χ0v) is 31.1. The smallest absolute Gasteiger partial charge is 0.413 e. The highest BCUT2D eigenvalue weighted by Crippen LogP contribution is 2.30. The Morgan fingerprint density at radius 2 is 1.14 bits per heavy atom. The number of alkyl halides is 6. The van der Waals surface area contributed by atoms with Gasteiger partial charge in [-0.05, 0) is 48.5 Å². The van der Waals surface area contributed by atoms with Crippen LogP contribution in [0, 0.1) is 0 Å². The number of carbonyl (C=O) groups is 2. The highest BCUT2D eigenvalue weighted by molar-refractivity contribution is 7.88. The molecule has 5 aromatic rings. The van der Waals surface area contributed by atoms with Crippen molar-refractivity contribution in [2.45, 2.75) is 38.5 Å². The maximum absolute atomic E-state index is 12.5. The molecular formula is C32H30F6N10O7S2. The second kappa shape index (κ2) is 18.4. The summed E-state index contributed by atoms with van der Waals surface area (Å²) in [4.78, 5) is 38.7. The first-order valence-corrected chi connectivity index (χ1v) is 19.5. The summed E-state index contributed by atoms with van der Waals surface area (Å²) in [6.45, 7) is -0.0792. The number of hydrogen-bond donors (Lipinski definition) is 2. The molecule has 0 saturated carbocycles. The molecule has 0 aliphatic heterocycles. The van der Waals surface area contributed by atoms with Gasteiger partial charge in [-0.1, -0.05) is 12.1 Å². The van der Waals surface area contributed by atoms with E-state index in [1.165, 1.54) is 46.4 Å². The fourth-order valence-electron chi connectivity index (χ4n) is 4.29. The molecule has 0 saturated heterocycles. The number of amides is 2. The van der Waals surface area contributed by atoms with Gasteiger partial charge >= 0.3 is 24.2 Å². The zero-order chi connectivity index (χ0) is 42.0. The van der Waals surface area contributed by atoms with Crippen LogP contribution in [0.15, 0.2) is 89.9 Å². The fourth-order valence-corrected chi connectivity index (χ4v) is 5.76. The van der Waals surface area contributed by atoms with Crippen LogP contribution in [0.25, 0.3) is 11.5 Å². The van der Waals surface area contributed by atoms with E-state index in [2.05, 4.69) is 34.6 Å². The van der Waals surface area contributed by atoms with Gasteiger partial charge in [0.15, 0.2) is 0 Å². The highest BCUT2D eigenvalue weighted by atomic mass is 32.2. The van der Waals surface area contributed by atoms with Crippen LogP contribution in [0.5, 0.6) is 0 Å².